The van der Waals surface area contributed by atoms with Crippen LogP contribution in [0.3, 0.4) is 0 Å². The largest absolute Gasteiger partial charge is 0.489 e. The fourth-order valence-corrected chi connectivity index (χ4v) is 1.58. The Kier molecular flexibility index (Phi) is 4.43. The summed E-state index contributed by atoms with van der Waals surface area (Å²) in [7, 11) is 0. The second-order valence-electron chi connectivity index (χ2n) is 4.44. The molecule has 1 aromatic rings. The zero-order chi connectivity index (χ0) is 13.8. The molecular weight excluding hydrogens is 228 g/mol. The monoisotopic (exact) mass is 246 g/mol. The Morgan fingerprint density at radius 2 is 1.67 bits per heavy atom. The zero-order valence-electron chi connectivity index (χ0n) is 11.0. The molecule has 0 saturated heterocycles. The van der Waals surface area contributed by atoms with E-state index in [1.807, 2.05) is 30.3 Å². The van der Waals surface area contributed by atoms with Crippen LogP contribution in [0.5, 0.6) is 5.75 Å². The van der Waals surface area contributed by atoms with Crippen molar-refractivity contribution < 1.29 is 14.3 Å². The average molecular weight is 246 g/mol. The molecule has 18 heavy (non-hydrogen) atoms. The summed E-state index contributed by atoms with van der Waals surface area (Å²) in [5.74, 6) is 0.265. The molecule has 0 N–H and O–H groups in total. The average Bonchev–Trinajstić information content (AvgIpc) is 2.35. The topological polar surface area (TPSA) is 43.4 Å². The minimum Gasteiger partial charge on any atom is -0.489 e. The highest BCUT2D eigenvalue weighted by molar-refractivity contribution is 6.07. The van der Waals surface area contributed by atoms with Crippen LogP contribution in [-0.2, 0) is 9.59 Å². The first-order valence-electron chi connectivity index (χ1n) is 5.77. The number of hydrogen-bond donors (Lipinski definition) is 0. The van der Waals surface area contributed by atoms with Crippen LogP contribution in [0.1, 0.15) is 20.8 Å². The standard InChI is InChI=1S/C15H18O3/c1-11(15(4,12(2)16)13(3)17)10-18-14-8-6-5-7-9-14/h5-9H,1,10H2,2-4H3. The minimum absolute atomic E-state index is 0.152. The first-order valence-corrected chi connectivity index (χ1v) is 5.77. The van der Waals surface area contributed by atoms with E-state index in [1.54, 1.807) is 6.92 Å². The molecule has 0 saturated carbocycles. The van der Waals surface area contributed by atoms with Crippen LogP contribution in [-0.4, -0.2) is 18.2 Å². The third kappa shape index (κ3) is 2.86. The first kappa shape index (κ1) is 14.2. The fraction of sp³-hybridized carbons (Fsp3) is 0.333. The second-order valence-corrected chi connectivity index (χ2v) is 4.44. The Balaban J connectivity index is 2.76. The van der Waals surface area contributed by atoms with Crippen molar-refractivity contribution in [1.82, 2.24) is 0 Å². The lowest BCUT2D eigenvalue weighted by Gasteiger charge is -2.26. The number of ketones is 2. The van der Waals surface area contributed by atoms with Crippen LogP contribution in [0, 0.1) is 5.41 Å². The molecule has 0 fully saturated rings. The maximum absolute atomic E-state index is 11.6. The predicted octanol–water partition coefficient (Wildman–Crippen LogP) is 2.81. The Labute approximate surface area is 107 Å². The number of carbonyl (C=O) groups is 2. The summed E-state index contributed by atoms with van der Waals surface area (Å²) in [6.07, 6.45) is 0. The number of ether oxygens (including phenoxy) is 1. The van der Waals surface area contributed by atoms with Crippen molar-refractivity contribution in [2.75, 3.05) is 6.61 Å². The van der Waals surface area contributed by atoms with Gasteiger partial charge in [-0.05, 0) is 38.5 Å². The van der Waals surface area contributed by atoms with Gasteiger partial charge in [-0.2, -0.15) is 0 Å². The van der Waals surface area contributed by atoms with E-state index in [1.165, 1.54) is 13.8 Å². The summed E-state index contributed by atoms with van der Waals surface area (Å²) in [6.45, 7) is 8.36. The molecule has 0 spiro atoms. The first-order chi connectivity index (χ1) is 8.39. The van der Waals surface area contributed by atoms with Gasteiger partial charge in [0.05, 0.1) is 0 Å². The predicted molar refractivity (Wildman–Crippen MR) is 70.5 cm³/mol. The summed E-state index contributed by atoms with van der Waals surface area (Å²) in [4.78, 5) is 23.2. The Morgan fingerprint density at radius 1 is 1.17 bits per heavy atom. The number of carbonyl (C=O) groups excluding carboxylic acids is 2. The Bertz CT molecular complexity index is 446. The number of para-hydroxylation sites is 1. The molecule has 0 unspecified atom stereocenters. The minimum atomic E-state index is -1.16. The van der Waals surface area contributed by atoms with Gasteiger partial charge in [-0.1, -0.05) is 24.8 Å². The Morgan fingerprint density at radius 3 is 2.11 bits per heavy atom. The van der Waals surface area contributed by atoms with E-state index >= 15 is 0 Å². The van der Waals surface area contributed by atoms with Crippen molar-refractivity contribution in [1.29, 1.82) is 0 Å². The smallest absolute Gasteiger partial charge is 0.147 e. The van der Waals surface area contributed by atoms with Crippen LogP contribution in [0.15, 0.2) is 42.5 Å². The van der Waals surface area contributed by atoms with Crippen molar-refractivity contribution >= 4 is 11.6 Å². The molecule has 0 amide bonds. The normalized spacial score (nSPS) is 10.8. The third-order valence-corrected chi connectivity index (χ3v) is 3.27. The molecule has 0 bridgehead atoms. The molecule has 0 radical (unpaired) electrons. The molecule has 3 heteroatoms. The highest BCUT2D eigenvalue weighted by Gasteiger charge is 2.38. The van der Waals surface area contributed by atoms with Gasteiger partial charge in [0.25, 0.3) is 0 Å². The van der Waals surface area contributed by atoms with Crippen LogP contribution in [0.2, 0.25) is 0 Å². The summed E-state index contributed by atoms with van der Waals surface area (Å²) < 4.78 is 5.51. The number of benzene rings is 1. The van der Waals surface area contributed by atoms with Crippen LogP contribution < -0.4 is 4.74 Å². The molecule has 0 heterocycles. The van der Waals surface area contributed by atoms with Gasteiger partial charge in [0.2, 0.25) is 0 Å². The molecule has 0 atom stereocenters. The molecule has 0 aliphatic heterocycles. The van der Waals surface area contributed by atoms with Crippen LogP contribution in [0.4, 0.5) is 0 Å². The van der Waals surface area contributed by atoms with E-state index in [4.69, 9.17) is 4.74 Å². The van der Waals surface area contributed by atoms with Gasteiger partial charge in [-0.25, -0.2) is 0 Å². The van der Waals surface area contributed by atoms with Gasteiger partial charge in [0.1, 0.15) is 29.3 Å². The molecule has 0 aliphatic carbocycles. The van der Waals surface area contributed by atoms with Gasteiger partial charge in [0.15, 0.2) is 0 Å². The van der Waals surface area contributed by atoms with Gasteiger partial charge in [-0.15, -0.1) is 0 Å². The summed E-state index contributed by atoms with van der Waals surface area (Å²) in [5.41, 5.74) is -0.680. The Hall–Kier alpha value is -1.90. The molecule has 0 aliphatic rings. The van der Waals surface area contributed by atoms with Gasteiger partial charge in [0, 0.05) is 0 Å². The van der Waals surface area contributed by atoms with E-state index in [9.17, 15) is 9.59 Å². The van der Waals surface area contributed by atoms with Crippen molar-refractivity contribution in [3.63, 3.8) is 0 Å². The number of hydrogen-bond acceptors (Lipinski definition) is 3. The lowest BCUT2D eigenvalue weighted by Crippen LogP contribution is -2.37. The highest BCUT2D eigenvalue weighted by atomic mass is 16.5. The molecule has 96 valence electrons. The van der Waals surface area contributed by atoms with Crippen molar-refractivity contribution in [2.45, 2.75) is 20.8 Å². The van der Waals surface area contributed by atoms with Gasteiger partial charge >= 0.3 is 0 Å². The molecule has 1 rings (SSSR count). The van der Waals surface area contributed by atoms with Gasteiger partial charge in [-0.3, -0.25) is 9.59 Å². The maximum atomic E-state index is 11.6. The van der Waals surface area contributed by atoms with Crippen molar-refractivity contribution in [3.8, 4) is 5.75 Å². The summed E-state index contributed by atoms with van der Waals surface area (Å²) in [6, 6.07) is 9.22. The molecule has 3 nitrogen and oxygen atoms in total. The lowest BCUT2D eigenvalue weighted by atomic mass is 9.76. The molecule has 0 aromatic heterocycles. The fourth-order valence-electron chi connectivity index (χ4n) is 1.58. The van der Waals surface area contributed by atoms with Crippen LogP contribution >= 0.6 is 0 Å². The van der Waals surface area contributed by atoms with Crippen LogP contribution in [0.25, 0.3) is 0 Å². The second kappa shape index (κ2) is 5.63. The van der Waals surface area contributed by atoms with Crippen molar-refractivity contribution in [2.24, 2.45) is 5.41 Å². The van der Waals surface area contributed by atoms with E-state index in [0.717, 1.165) is 0 Å². The highest BCUT2D eigenvalue weighted by Crippen LogP contribution is 2.28. The molecule has 1 aromatic carbocycles. The van der Waals surface area contributed by atoms with E-state index in [-0.39, 0.29) is 18.2 Å². The lowest BCUT2D eigenvalue weighted by molar-refractivity contribution is -0.135. The van der Waals surface area contributed by atoms with E-state index < -0.39 is 5.41 Å². The number of Topliss-reactive ketones (excluding diaryl/α,β-unsaturated/α-hetero) is 2. The molecular formula is C15H18O3. The SMILES string of the molecule is C=C(COc1ccccc1)C(C)(C(C)=O)C(C)=O. The summed E-state index contributed by atoms with van der Waals surface area (Å²) in [5, 5.41) is 0. The summed E-state index contributed by atoms with van der Waals surface area (Å²) >= 11 is 0. The number of rotatable bonds is 6. The van der Waals surface area contributed by atoms with E-state index in [2.05, 4.69) is 6.58 Å². The van der Waals surface area contributed by atoms with Crippen molar-refractivity contribution in [3.05, 3.63) is 42.5 Å². The zero-order valence-corrected chi connectivity index (χ0v) is 11.0. The third-order valence-electron chi connectivity index (χ3n) is 3.27. The maximum Gasteiger partial charge on any atom is 0.147 e. The quantitative estimate of drug-likeness (QED) is 0.572. The van der Waals surface area contributed by atoms with Gasteiger partial charge < -0.3 is 4.74 Å². The van der Waals surface area contributed by atoms with E-state index in [0.29, 0.717) is 11.3 Å².